The van der Waals surface area contributed by atoms with Crippen LogP contribution < -0.4 is 0 Å². The van der Waals surface area contributed by atoms with Gasteiger partial charge in [0, 0.05) is 35.4 Å². The molecule has 1 aliphatic heterocycles. The number of non-ortho nitro benzene ring substituents is 2. The van der Waals surface area contributed by atoms with Gasteiger partial charge in [-0.05, 0) is 38.0 Å². The monoisotopic (exact) mass is 492 g/mol. The second-order valence-corrected chi connectivity index (χ2v) is 8.59. The molecule has 12 nitrogen and oxygen atoms in total. The average Bonchev–Trinajstić information content (AvgIpc) is 3.11. The van der Waals surface area contributed by atoms with Crippen molar-refractivity contribution < 1.29 is 29.0 Å². The van der Waals surface area contributed by atoms with Crippen molar-refractivity contribution in [1.82, 2.24) is 10.0 Å². The SMILES string of the molecule is CC1=CC[C@@H]2C(=O)N(N(CC(=O)c3ccc([N+](=O)[O-])cc3)C(=O)c3cccc([N+](=O)[O-])c3)C(=O)[C@@H]2C1. The molecule has 0 unspecified atom stereocenters. The van der Waals surface area contributed by atoms with Crippen LogP contribution in [0.15, 0.2) is 60.2 Å². The van der Waals surface area contributed by atoms with Gasteiger partial charge in [-0.25, -0.2) is 5.01 Å². The molecule has 1 fully saturated rings. The van der Waals surface area contributed by atoms with E-state index in [9.17, 15) is 39.4 Å². The van der Waals surface area contributed by atoms with Crippen molar-refractivity contribution in [1.29, 1.82) is 0 Å². The summed E-state index contributed by atoms with van der Waals surface area (Å²) in [5.41, 5.74) is 0.137. The van der Waals surface area contributed by atoms with Gasteiger partial charge in [0.05, 0.1) is 21.7 Å². The lowest BCUT2D eigenvalue weighted by Crippen LogP contribution is -2.52. The number of fused-ring (bicyclic) bond motifs is 1. The Bertz CT molecular complexity index is 1330. The first-order valence-corrected chi connectivity index (χ1v) is 11.0. The van der Waals surface area contributed by atoms with E-state index in [-0.39, 0.29) is 22.5 Å². The maximum Gasteiger partial charge on any atom is 0.273 e. The number of Topliss-reactive ketones (excluding diaryl/α,β-unsaturated/α-hetero) is 1. The lowest BCUT2D eigenvalue weighted by molar-refractivity contribution is -0.385. The van der Waals surface area contributed by atoms with Crippen molar-refractivity contribution in [3.63, 3.8) is 0 Å². The zero-order valence-corrected chi connectivity index (χ0v) is 19.0. The lowest BCUT2D eigenvalue weighted by atomic mass is 9.82. The van der Waals surface area contributed by atoms with Crippen LogP contribution in [0.4, 0.5) is 11.4 Å². The molecule has 36 heavy (non-hydrogen) atoms. The van der Waals surface area contributed by atoms with Gasteiger partial charge in [0.2, 0.25) is 0 Å². The Morgan fingerprint density at radius 2 is 1.58 bits per heavy atom. The summed E-state index contributed by atoms with van der Waals surface area (Å²) in [4.78, 5) is 73.8. The van der Waals surface area contributed by atoms with Crippen LogP contribution in [0.25, 0.3) is 0 Å². The Morgan fingerprint density at radius 3 is 2.22 bits per heavy atom. The fraction of sp³-hybridized carbons (Fsp3) is 0.250. The molecule has 2 aromatic carbocycles. The molecule has 1 saturated heterocycles. The van der Waals surface area contributed by atoms with Gasteiger partial charge in [-0.3, -0.25) is 39.4 Å². The maximum atomic E-state index is 13.5. The number of ketones is 1. The number of allylic oxidation sites excluding steroid dienone is 2. The van der Waals surface area contributed by atoms with Crippen molar-refractivity contribution in [3.05, 3.63) is 91.5 Å². The van der Waals surface area contributed by atoms with E-state index in [4.69, 9.17) is 0 Å². The van der Waals surface area contributed by atoms with Crippen molar-refractivity contribution in [2.24, 2.45) is 11.8 Å². The first kappa shape index (κ1) is 24.4. The quantitative estimate of drug-likeness (QED) is 0.187. The predicted octanol–water partition coefficient (Wildman–Crippen LogP) is 3.08. The standard InChI is InChI=1S/C24H20N4O8/c1-14-5-10-19-20(11-14)24(32)26(23(19)31)25(22(30)16-3-2-4-18(12-16)28(35)36)13-21(29)15-6-8-17(9-7-15)27(33)34/h2-9,12,19-20H,10-11,13H2,1H3/t19-,20+/m0/s1. The molecule has 3 amide bonds. The number of nitro groups is 2. The minimum Gasteiger partial charge on any atom is -0.292 e. The van der Waals surface area contributed by atoms with Crippen LogP contribution in [-0.2, 0) is 9.59 Å². The summed E-state index contributed by atoms with van der Waals surface area (Å²) in [6, 6.07) is 9.39. The molecule has 0 saturated carbocycles. The number of imide groups is 1. The Labute approximate surface area is 204 Å². The molecule has 0 radical (unpaired) electrons. The molecule has 4 rings (SSSR count). The van der Waals surface area contributed by atoms with Crippen LogP contribution in [0.1, 0.15) is 40.5 Å². The number of carbonyl (C=O) groups excluding carboxylic acids is 4. The number of hydrogen-bond donors (Lipinski definition) is 0. The van der Waals surface area contributed by atoms with E-state index in [0.29, 0.717) is 22.9 Å². The Kier molecular flexibility index (Phi) is 6.43. The summed E-state index contributed by atoms with van der Waals surface area (Å²) < 4.78 is 0. The number of hydrogen-bond acceptors (Lipinski definition) is 8. The molecule has 0 spiro atoms. The summed E-state index contributed by atoms with van der Waals surface area (Å²) in [5.74, 6) is -4.27. The van der Waals surface area contributed by atoms with E-state index < -0.39 is 51.7 Å². The second-order valence-electron chi connectivity index (χ2n) is 8.59. The summed E-state index contributed by atoms with van der Waals surface area (Å²) >= 11 is 0. The van der Waals surface area contributed by atoms with Gasteiger partial charge < -0.3 is 0 Å². The highest BCUT2D eigenvalue weighted by Crippen LogP contribution is 2.38. The van der Waals surface area contributed by atoms with Gasteiger partial charge in [0.1, 0.15) is 6.54 Å². The van der Waals surface area contributed by atoms with E-state index in [2.05, 4.69) is 0 Å². The average molecular weight is 492 g/mol. The molecule has 1 aliphatic carbocycles. The van der Waals surface area contributed by atoms with E-state index in [0.717, 1.165) is 23.8 Å². The summed E-state index contributed by atoms with van der Waals surface area (Å²) in [7, 11) is 0. The number of hydrazine groups is 1. The van der Waals surface area contributed by atoms with Crippen molar-refractivity contribution in [3.8, 4) is 0 Å². The number of nitro benzene ring substituents is 2. The minimum atomic E-state index is -0.945. The first-order valence-electron chi connectivity index (χ1n) is 11.0. The number of benzene rings is 2. The molecular weight excluding hydrogens is 472 g/mol. The number of nitrogens with zero attached hydrogens (tertiary/aromatic N) is 4. The molecule has 0 bridgehead atoms. The van der Waals surface area contributed by atoms with Crippen molar-refractivity contribution in [2.45, 2.75) is 19.8 Å². The molecular formula is C24H20N4O8. The highest BCUT2D eigenvalue weighted by atomic mass is 16.6. The van der Waals surface area contributed by atoms with E-state index in [1.54, 1.807) is 0 Å². The van der Waals surface area contributed by atoms with E-state index in [1.807, 2.05) is 13.0 Å². The third-order valence-electron chi connectivity index (χ3n) is 6.27. The van der Waals surface area contributed by atoms with Crippen LogP contribution in [0.2, 0.25) is 0 Å². The summed E-state index contributed by atoms with van der Waals surface area (Å²) in [6.45, 7) is 1.10. The fourth-order valence-electron chi connectivity index (χ4n) is 4.39. The number of amides is 3. The molecule has 2 atom stereocenters. The molecule has 0 N–H and O–H groups in total. The van der Waals surface area contributed by atoms with Gasteiger partial charge in [0.15, 0.2) is 5.78 Å². The molecule has 12 heteroatoms. The van der Waals surface area contributed by atoms with Crippen molar-refractivity contribution >= 4 is 34.9 Å². The van der Waals surface area contributed by atoms with Crippen LogP contribution in [0.3, 0.4) is 0 Å². The topological polar surface area (TPSA) is 161 Å². The molecule has 2 aliphatic rings. The third-order valence-corrected chi connectivity index (χ3v) is 6.27. The van der Waals surface area contributed by atoms with Crippen LogP contribution in [-0.4, -0.2) is 49.9 Å². The Hall–Kier alpha value is -4.74. The number of carbonyl (C=O) groups is 4. The predicted molar refractivity (Wildman–Crippen MR) is 123 cm³/mol. The number of rotatable bonds is 7. The zero-order chi connectivity index (χ0) is 26.1. The first-order chi connectivity index (χ1) is 17.1. The third kappa shape index (κ3) is 4.48. The van der Waals surface area contributed by atoms with Gasteiger partial charge in [0.25, 0.3) is 29.1 Å². The Balaban J connectivity index is 1.70. The van der Waals surface area contributed by atoms with Crippen LogP contribution in [0, 0.1) is 32.1 Å². The van der Waals surface area contributed by atoms with Gasteiger partial charge in [-0.15, -0.1) is 0 Å². The highest BCUT2D eigenvalue weighted by Gasteiger charge is 2.51. The molecule has 1 heterocycles. The van der Waals surface area contributed by atoms with E-state index in [1.165, 1.54) is 30.3 Å². The largest absolute Gasteiger partial charge is 0.292 e. The second kappa shape index (κ2) is 9.49. The Morgan fingerprint density at radius 1 is 0.944 bits per heavy atom. The van der Waals surface area contributed by atoms with Gasteiger partial charge in [-0.2, -0.15) is 5.01 Å². The summed E-state index contributed by atoms with van der Waals surface area (Å²) in [5, 5.41) is 23.5. The summed E-state index contributed by atoms with van der Waals surface area (Å²) in [6.07, 6.45) is 2.50. The maximum absolute atomic E-state index is 13.5. The van der Waals surface area contributed by atoms with Crippen molar-refractivity contribution in [2.75, 3.05) is 6.54 Å². The van der Waals surface area contributed by atoms with Crippen LogP contribution >= 0.6 is 0 Å². The normalized spacial score (nSPS) is 18.9. The fourth-order valence-corrected chi connectivity index (χ4v) is 4.39. The molecule has 2 aromatic rings. The molecule has 184 valence electrons. The van der Waals surface area contributed by atoms with Crippen LogP contribution in [0.5, 0.6) is 0 Å². The lowest BCUT2D eigenvalue weighted by Gasteiger charge is -2.30. The van der Waals surface area contributed by atoms with Gasteiger partial charge >= 0.3 is 0 Å². The van der Waals surface area contributed by atoms with E-state index >= 15 is 0 Å². The minimum absolute atomic E-state index is 0.0199. The highest BCUT2D eigenvalue weighted by molar-refractivity contribution is 6.10. The smallest absolute Gasteiger partial charge is 0.273 e. The zero-order valence-electron chi connectivity index (χ0n) is 19.0. The molecule has 0 aromatic heterocycles. The van der Waals surface area contributed by atoms with Gasteiger partial charge in [-0.1, -0.05) is 17.7 Å².